The van der Waals surface area contributed by atoms with Crippen molar-refractivity contribution in [2.75, 3.05) is 0 Å². The molecule has 10 aromatic carbocycles. The van der Waals surface area contributed by atoms with Gasteiger partial charge < -0.3 is 0 Å². The molecule has 0 saturated heterocycles. The standard InChI is InChI=1S/5C24H26N/c1-15-7-11-20-19(13-15)18-10-9-17(3)22(23(18)24(20,4)5)21-12-8-16(2)14-25(21)6;1-15-7-10-18-19-11-9-17(3)22(21-12-8-16(2)14-25(21)6)23(19)24(4,5)20(18)13-15;1-15-10-13-20(25(6)14-15)21-16(2)11-12-19-18-9-7-8-17(3)22(18)24(4,5)23(19)21;1-15-10-13-20(25(6)14-15)22-17(3)11-12-18-21-16(2)8-7-9-19(21)24(4,5)23(18)22;1-15-11-12-21(25(6)14-15)22-17(3)16(2)13-19-18-9-7-8-10-20(18)24(4,5)23(19)22/h5*7-14H,1-6H3/q5*+1. The van der Waals surface area contributed by atoms with Crippen LogP contribution in [-0.4, -0.2) is 0 Å². The van der Waals surface area contributed by atoms with E-state index < -0.39 is 0 Å². The summed E-state index contributed by atoms with van der Waals surface area (Å²) < 4.78 is 11.3. The van der Waals surface area contributed by atoms with Crippen LogP contribution in [0, 0.1) is 104 Å². The number of hydrogen-bond donors (Lipinski definition) is 0. The Balaban J connectivity index is 0.000000115. The first kappa shape index (κ1) is 86.5. The summed E-state index contributed by atoms with van der Waals surface area (Å²) >= 11 is 0. The molecule has 5 aliphatic carbocycles. The van der Waals surface area contributed by atoms with E-state index in [4.69, 9.17) is 0 Å². The molecule has 0 saturated carbocycles. The van der Waals surface area contributed by atoms with Gasteiger partial charge in [-0.2, -0.15) is 0 Å². The Hall–Kier alpha value is -12.1. The Morgan fingerprint density at radius 1 is 0.176 bits per heavy atom. The summed E-state index contributed by atoms with van der Waals surface area (Å²) in [6.07, 6.45) is 11.1. The lowest BCUT2D eigenvalue weighted by Crippen LogP contribution is -2.32. The minimum atomic E-state index is 0.00918. The SMILES string of the molecule is Cc1ccc(-c2c(C)c(C)cc3c2C(C)(C)c2ccccc2-3)[n+](C)c1.Cc1ccc(-c2c(C)ccc3c2C(C)(C)c2c(C)cccc2-3)[n+](C)c1.Cc1ccc(-c2c(C)ccc3c2C(C)(C)c2cccc(C)c2-3)[n+](C)c1.Cc1ccc2c(c1)-c1ccc(C)c(-c3ccc(C)c[n+]3C)c1C2(C)C.Cc1ccc2c(c1)C(C)(C)c1c-2ccc(C)c1-c1ccc(C)c[n+]1C. The molecule has 15 aromatic rings. The highest BCUT2D eigenvalue weighted by Gasteiger charge is 2.46. The fraction of sp³-hybridized carbons (Fsp3) is 0.292. The van der Waals surface area contributed by atoms with Gasteiger partial charge in [-0.3, -0.25) is 0 Å². The van der Waals surface area contributed by atoms with Crippen LogP contribution >= 0.6 is 0 Å². The molecule has 5 heterocycles. The zero-order valence-electron chi connectivity index (χ0n) is 80.3. The second-order valence-electron chi connectivity index (χ2n) is 40.1. The Morgan fingerprint density at radius 2 is 0.472 bits per heavy atom. The summed E-state index contributed by atoms with van der Waals surface area (Å²) in [6.45, 7) is 56.7. The average Bonchev–Trinajstić information content (AvgIpc) is 1.58. The lowest BCUT2D eigenvalue weighted by Gasteiger charge is -2.26. The van der Waals surface area contributed by atoms with Gasteiger partial charge in [0.2, 0.25) is 28.5 Å². The van der Waals surface area contributed by atoms with Gasteiger partial charge >= 0.3 is 0 Å². The van der Waals surface area contributed by atoms with Crippen LogP contribution in [0.3, 0.4) is 0 Å². The molecule has 5 aromatic heterocycles. The monoisotopic (exact) mass is 1640 g/mol. The topological polar surface area (TPSA) is 19.4 Å². The van der Waals surface area contributed by atoms with Gasteiger partial charge in [-0.05, 0) is 290 Å². The van der Waals surface area contributed by atoms with Gasteiger partial charge in [0, 0.05) is 85.2 Å². The number of fused-ring (bicyclic) bond motifs is 15. The molecule has 20 rings (SSSR count). The van der Waals surface area contributed by atoms with Crippen LogP contribution in [0.4, 0.5) is 0 Å². The lowest BCUT2D eigenvalue weighted by molar-refractivity contribution is -0.660. The summed E-state index contributed by atoms with van der Waals surface area (Å²) in [7, 11) is 10.8. The molecular weight excluding hydrogens is 1510 g/mol. The molecule has 0 atom stereocenters. The van der Waals surface area contributed by atoms with E-state index in [0.717, 1.165) is 0 Å². The van der Waals surface area contributed by atoms with Crippen molar-refractivity contribution >= 4 is 0 Å². The van der Waals surface area contributed by atoms with Crippen LogP contribution in [0.1, 0.15) is 208 Å². The molecule has 0 amide bonds. The maximum Gasteiger partial charge on any atom is 0.212 e. The first-order valence-corrected chi connectivity index (χ1v) is 45.2. The maximum absolute atomic E-state index is 2.38. The summed E-state index contributed by atoms with van der Waals surface area (Å²) in [5, 5.41) is 0. The summed E-state index contributed by atoms with van der Waals surface area (Å²) in [5.74, 6) is 0. The smallest absolute Gasteiger partial charge is 0.201 e. The Bertz CT molecular complexity index is 6960. The van der Waals surface area contributed by atoms with E-state index in [0.29, 0.717) is 0 Å². The average molecular weight is 1640 g/mol. The van der Waals surface area contributed by atoms with Crippen molar-refractivity contribution in [1.29, 1.82) is 0 Å². The normalized spacial score (nSPS) is 14.3. The van der Waals surface area contributed by atoms with Crippen molar-refractivity contribution in [3.8, 4) is 112 Å². The Morgan fingerprint density at radius 3 is 0.936 bits per heavy atom. The van der Waals surface area contributed by atoms with Crippen molar-refractivity contribution in [1.82, 2.24) is 0 Å². The molecule has 0 radical (unpaired) electrons. The quantitative estimate of drug-likeness (QED) is 0.153. The third-order valence-electron chi connectivity index (χ3n) is 28.9. The third kappa shape index (κ3) is 14.5. The number of hydrogen-bond acceptors (Lipinski definition) is 0. The molecule has 0 aliphatic heterocycles. The zero-order chi connectivity index (χ0) is 89.7. The molecule has 0 unspecified atom stereocenters. The number of pyridine rings is 5. The predicted octanol–water partition coefficient (Wildman–Crippen LogP) is 27.0. The van der Waals surface area contributed by atoms with Crippen LogP contribution in [0.25, 0.3) is 112 Å². The van der Waals surface area contributed by atoms with Crippen LogP contribution in [0.15, 0.2) is 243 Å². The van der Waals surface area contributed by atoms with Crippen LogP contribution < -0.4 is 22.8 Å². The molecule has 0 fully saturated rings. The molecular formula is C120H130N5+5. The number of nitrogens with zero attached hydrogens (tertiary/aromatic N) is 5. The van der Waals surface area contributed by atoms with E-state index in [-0.39, 0.29) is 27.1 Å². The van der Waals surface area contributed by atoms with Gasteiger partial charge in [0.05, 0.1) is 27.8 Å². The first-order valence-electron chi connectivity index (χ1n) is 45.2. The highest BCUT2D eigenvalue weighted by Crippen LogP contribution is 2.59. The van der Waals surface area contributed by atoms with Gasteiger partial charge in [-0.15, -0.1) is 0 Å². The fourth-order valence-corrected chi connectivity index (χ4v) is 22.8. The maximum atomic E-state index is 2.38. The van der Waals surface area contributed by atoms with Gasteiger partial charge in [-0.25, -0.2) is 22.8 Å². The van der Waals surface area contributed by atoms with Crippen molar-refractivity contribution in [2.24, 2.45) is 35.2 Å². The van der Waals surface area contributed by atoms with Crippen molar-refractivity contribution in [3.05, 3.63) is 382 Å². The molecule has 5 aliphatic rings. The molecule has 125 heavy (non-hydrogen) atoms. The van der Waals surface area contributed by atoms with Gasteiger partial charge in [-0.1, -0.05) is 232 Å². The number of benzene rings is 10. The minimum Gasteiger partial charge on any atom is -0.201 e. The van der Waals surface area contributed by atoms with Crippen molar-refractivity contribution < 1.29 is 22.8 Å². The number of aromatic nitrogens is 5. The van der Waals surface area contributed by atoms with Gasteiger partial charge in [0.1, 0.15) is 35.2 Å². The van der Waals surface area contributed by atoms with Gasteiger partial charge in [0.25, 0.3) is 0 Å². The molecule has 5 nitrogen and oxygen atoms in total. The number of aryl methyl sites for hydroxylation is 19. The number of rotatable bonds is 5. The molecule has 630 valence electrons. The minimum absolute atomic E-state index is 0.00918. The Kier molecular flexibility index (Phi) is 22.0. The van der Waals surface area contributed by atoms with E-state index in [1.807, 2.05) is 0 Å². The molecule has 0 N–H and O–H groups in total. The van der Waals surface area contributed by atoms with Crippen LogP contribution in [0.5, 0.6) is 0 Å². The molecule has 5 heteroatoms. The zero-order valence-corrected chi connectivity index (χ0v) is 80.3. The van der Waals surface area contributed by atoms with E-state index in [9.17, 15) is 0 Å². The summed E-state index contributed by atoms with van der Waals surface area (Å²) in [6, 6.07) is 79.3. The summed E-state index contributed by atoms with van der Waals surface area (Å²) in [5.41, 5.74) is 62.0. The van der Waals surface area contributed by atoms with E-state index in [1.165, 1.54) is 251 Å². The molecule has 0 bridgehead atoms. The predicted molar refractivity (Wildman–Crippen MR) is 524 cm³/mol. The second-order valence-corrected chi connectivity index (χ2v) is 40.1. The molecule has 0 spiro atoms. The van der Waals surface area contributed by atoms with Crippen molar-refractivity contribution in [3.63, 3.8) is 0 Å². The van der Waals surface area contributed by atoms with E-state index >= 15 is 0 Å². The first-order chi connectivity index (χ1) is 59.1. The van der Waals surface area contributed by atoms with Crippen LogP contribution in [0.2, 0.25) is 0 Å². The lowest BCUT2D eigenvalue weighted by atomic mass is 9.77. The van der Waals surface area contributed by atoms with E-state index in [1.54, 1.807) is 0 Å². The highest BCUT2D eigenvalue weighted by molar-refractivity contribution is 5.94. The fourth-order valence-electron chi connectivity index (χ4n) is 22.8. The Labute approximate surface area is 747 Å². The third-order valence-corrected chi connectivity index (χ3v) is 28.9. The second kappa shape index (κ2) is 31.9. The van der Waals surface area contributed by atoms with E-state index in [2.05, 4.69) is 474 Å². The largest absolute Gasteiger partial charge is 0.212 e. The van der Waals surface area contributed by atoms with Gasteiger partial charge in [0.15, 0.2) is 31.0 Å². The highest BCUT2D eigenvalue weighted by atomic mass is 14.9. The van der Waals surface area contributed by atoms with Crippen LogP contribution in [-0.2, 0) is 62.3 Å². The van der Waals surface area contributed by atoms with Crippen molar-refractivity contribution in [2.45, 2.75) is 200 Å². The summed E-state index contributed by atoms with van der Waals surface area (Å²) in [4.78, 5) is 0.